The topological polar surface area (TPSA) is 73.0 Å². The number of aryl methyl sites for hydroxylation is 1. The fraction of sp³-hybridized carbons (Fsp3) is 0.368. The van der Waals surface area contributed by atoms with Crippen LogP contribution in [0.1, 0.15) is 31.0 Å². The lowest BCUT2D eigenvalue weighted by atomic mass is 9.99. The molecule has 1 aliphatic rings. The highest BCUT2D eigenvalue weighted by atomic mass is 16.2. The zero-order valence-electron chi connectivity index (χ0n) is 14.7. The summed E-state index contributed by atoms with van der Waals surface area (Å²) in [5, 5.41) is 10.0. The van der Waals surface area contributed by atoms with Crippen molar-refractivity contribution in [1.82, 2.24) is 24.5 Å². The number of carbonyl (C=O) groups is 1. The van der Waals surface area contributed by atoms with Gasteiger partial charge in [0, 0.05) is 25.2 Å². The minimum Gasteiger partial charge on any atom is -0.332 e. The molecule has 1 fully saturated rings. The molecule has 1 saturated heterocycles. The third-order valence-corrected chi connectivity index (χ3v) is 4.95. The fourth-order valence-corrected chi connectivity index (χ4v) is 3.61. The molecule has 0 spiro atoms. The monoisotopic (exact) mass is 351 g/mol. The molecule has 1 aliphatic heterocycles. The molecule has 2 aromatic heterocycles. The Hall–Kier alpha value is -2.96. The van der Waals surface area contributed by atoms with Gasteiger partial charge in [-0.25, -0.2) is 4.68 Å². The molecule has 1 atom stereocenters. The molecule has 0 unspecified atom stereocenters. The van der Waals surface area contributed by atoms with E-state index in [9.17, 15) is 9.59 Å². The van der Waals surface area contributed by atoms with E-state index in [-0.39, 0.29) is 24.1 Å². The highest BCUT2D eigenvalue weighted by Crippen LogP contribution is 2.29. The van der Waals surface area contributed by atoms with E-state index in [2.05, 4.69) is 10.2 Å². The second kappa shape index (κ2) is 6.74. The van der Waals surface area contributed by atoms with E-state index in [1.54, 1.807) is 16.9 Å². The van der Waals surface area contributed by atoms with Crippen LogP contribution in [-0.2, 0) is 18.4 Å². The number of hydrogen-bond acceptors (Lipinski definition) is 4. The van der Waals surface area contributed by atoms with Crippen molar-refractivity contribution in [3.8, 4) is 0 Å². The first kappa shape index (κ1) is 16.5. The number of nitrogens with zero attached hydrogens (tertiary/aromatic N) is 5. The van der Waals surface area contributed by atoms with Gasteiger partial charge < -0.3 is 4.90 Å². The molecule has 1 aromatic carbocycles. The van der Waals surface area contributed by atoms with E-state index in [1.807, 2.05) is 42.4 Å². The number of benzene rings is 1. The molecule has 7 nitrogen and oxygen atoms in total. The molecule has 0 N–H and O–H groups in total. The van der Waals surface area contributed by atoms with E-state index in [1.165, 1.54) is 4.68 Å². The Morgan fingerprint density at radius 2 is 2.08 bits per heavy atom. The van der Waals surface area contributed by atoms with Gasteiger partial charge in [-0.3, -0.25) is 14.3 Å². The van der Waals surface area contributed by atoms with E-state index in [4.69, 9.17) is 0 Å². The summed E-state index contributed by atoms with van der Waals surface area (Å²) >= 11 is 0. The van der Waals surface area contributed by atoms with Crippen molar-refractivity contribution < 1.29 is 4.79 Å². The molecule has 3 heterocycles. The number of piperidine rings is 1. The third-order valence-electron chi connectivity index (χ3n) is 4.95. The van der Waals surface area contributed by atoms with Crippen LogP contribution in [0.3, 0.4) is 0 Å². The summed E-state index contributed by atoms with van der Waals surface area (Å²) in [4.78, 5) is 27.4. The molecule has 1 amide bonds. The minimum absolute atomic E-state index is 0.0337. The van der Waals surface area contributed by atoms with Crippen molar-refractivity contribution >= 4 is 16.7 Å². The quantitative estimate of drug-likeness (QED) is 0.722. The first-order valence-corrected chi connectivity index (χ1v) is 8.87. The first-order chi connectivity index (χ1) is 12.6. The smallest absolute Gasteiger partial charge is 0.275 e. The van der Waals surface area contributed by atoms with E-state index in [0.717, 1.165) is 30.3 Å². The lowest BCUT2D eigenvalue weighted by Crippen LogP contribution is -2.42. The maximum Gasteiger partial charge on any atom is 0.275 e. The van der Waals surface area contributed by atoms with Crippen LogP contribution in [0.15, 0.2) is 47.5 Å². The third kappa shape index (κ3) is 3.00. The zero-order chi connectivity index (χ0) is 18.1. The Morgan fingerprint density at radius 3 is 2.88 bits per heavy atom. The van der Waals surface area contributed by atoms with E-state index in [0.29, 0.717) is 11.9 Å². The molecular weight excluding hydrogens is 330 g/mol. The van der Waals surface area contributed by atoms with Crippen LogP contribution >= 0.6 is 0 Å². The molecule has 3 aromatic rings. The van der Waals surface area contributed by atoms with Gasteiger partial charge in [0.2, 0.25) is 5.91 Å². The van der Waals surface area contributed by atoms with Crippen LogP contribution in [-0.4, -0.2) is 36.9 Å². The van der Waals surface area contributed by atoms with Gasteiger partial charge in [0.15, 0.2) is 0 Å². The highest BCUT2D eigenvalue weighted by molar-refractivity contribution is 5.81. The number of aromatic nitrogens is 4. The predicted molar refractivity (Wildman–Crippen MR) is 97.5 cm³/mol. The van der Waals surface area contributed by atoms with Gasteiger partial charge >= 0.3 is 0 Å². The van der Waals surface area contributed by atoms with Crippen molar-refractivity contribution in [2.75, 3.05) is 6.54 Å². The standard InChI is InChI=1S/C19H21N5O2/c1-22-11-9-16(21-22)17-8-4-5-10-23(17)18(25)13-24-19(26)15-7-3-2-6-14(15)12-20-24/h2-3,6-7,9,11-12,17H,4-5,8,10,13H2,1H3/t17-/m0/s1. The second-order valence-electron chi connectivity index (χ2n) is 6.71. The van der Waals surface area contributed by atoms with E-state index >= 15 is 0 Å². The summed E-state index contributed by atoms with van der Waals surface area (Å²) < 4.78 is 3.01. The summed E-state index contributed by atoms with van der Waals surface area (Å²) in [5.74, 6) is -0.0924. The SMILES string of the molecule is Cn1ccc([C@@H]2CCCCN2C(=O)Cn2ncc3ccccc3c2=O)n1. The average molecular weight is 351 g/mol. The Labute approximate surface area is 150 Å². The van der Waals surface area contributed by atoms with Crippen molar-refractivity contribution in [2.24, 2.45) is 7.05 Å². The molecule has 4 rings (SSSR count). The summed E-state index contributed by atoms with van der Waals surface area (Å²) in [6.07, 6.45) is 6.45. The van der Waals surface area contributed by atoms with Gasteiger partial charge in [-0.1, -0.05) is 18.2 Å². The zero-order valence-corrected chi connectivity index (χ0v) is 14.7. The van der Waals surface area contributed by atoms with Crippen LogP contribution in [0.4, 0.5) is 0 Å². The molecular formula is C19H21N5O2. The van der Waals surface area contributed by atoms with Crippen molar-refractivity contribution in [3.05, 3.63) is 58.8 Å². The van der Waals surface area contributed by atoms with Crippen LogP contribution in [0.2, 0.25) is 0 Å². The summed E-state index contributed by atoms with van der Waals surface area (Å²) in [5.41, 5.74) is 0.669. The lowest BCUT2D eigenvalue weighted by Gasteiger charge is -2.34. The van der Waals surface area contributed by atoms with Gasteiger partial charge in [0.1, 0.15) is 6.54 Å². The van der Waals surface area contributed by atoms with Gasteiger partial charge in [-0.15, -0.1) is 0 Å². The Morgan fingerprint density at radius 1 is 1.23 bits per heavy atom. The van der Waals surface area contributed by atoms with Gasteiger partial charge in [0.25, 0.3) is 5.56 Å². The Balaban J connectivity index is 1.60. The number of amides is 1. The maximum absolute atomic E-state index is 12.9. The molecule has 0 bridgehead atoms. The average Bonchev–Trinajstić information content (AvgIpc) is 3.10. The normalized spacial score (nSPS) is 17.6. The summed E-state index contributed by atoms with van der Waals surface area (Å²) in [7, 11) is 1.87. The van der Waals surface area contributed by atoms with Gasteiger partial charge in [-0.05, 0) is 31.4 Å². The maximum atomic E-state index is 12.9. The second-order valence-corrected chi connectivity index (χ2v) is 6.71. The Kier molecular flexibility index (Phi) is 4.28. The van der Waals surface area contributed by atoms with Crippen LogP contribution in [0, 0.1) is 0 Å². The van der Waals surface area contributed by atoms with Crippen LogP contribution < -0.4 is 5.56 Å². The first-order valence-electron chi connectivity index (χ1n) is 8.87. The van der Waals surface area contributed by atoms with Gasteiger partial charge in [0.05, 0.1) is 23.3 Å². The number of likely N-dealkylation sites (tertiary alicyclic amines) is 1. The molecule has 26 heavy (non-hydrogen) atoms. The summed E-state index contributed by atoms with van der Waals surface area (Å²) in [6, 6.07) is 9.21. The lowest BCUT2D eigenvalue weighted by molar-refractivity contribution is -0.136. The van der Waals surface area contributed by atoms with Crippen molar-refractivity contribution in [1.29, 1.82) is 0 Å². The minimum atomic E-state index is -0.233. The van der Waals surface area contributed by atoms with Crippen LogP contribution in [0.5, 0.6) is 0 Å². The number of hydrogen-bond donors (Lipinski definition) is 0. The Bertz CT molecular complexity index is 1010. The van der Waals surface area contributed by atoms with Crippen molar-refractivity contribution in [2.45, 2.75) is 31.8 Å². The molecule has 0 radical (unpaired) electrons. The fourth-order valence-electron chi connectivity index (χ4n) is 3.61. The molecule has 7 heteroatoms. The largest absolute Gasteiger partial charge is 0.332 e. The predicted octanol–water partition coefficient (Wildman–Crippen LogP) is 1.88. The van der Waals surface area contributed by atoms with E-state index < -0.39 is 0 Å². The number of rotatable bonds is 3. The molecule has 134 valence electrons. The molecule has 0 saturated carbocycles. The highest BCUT2D eigenvalue weighted by Gasteiger charge is 2.29. The van der Waals surface area contributed by atoms with Crippen LogP contribution in [0.25, 0.3) is 10.8 Å². The number of fused-ring (bicyclic) bond motifs is 1. The van der Waals surface area contributed by atoms with Crippen molar-refractivity contribution in [3.63, 3.8) is 0 Å². The number of carbonyl (C=O) groups excluding carboxylic acids is 1. The summed E-state index contributed by atoms with van der Waals surface area (Å²) in [6.45, 7) is 0.634. The van der Waals surface area contributed by atoms with Gasteiger partial charge in [-0.2, -0.15) is 10.2 Å². The molecule has 0 aliphatic carbocycles.